The largest absolute Gasteiger partial charge is 0.506 e. The van der Waals surface area contributed by atoms with Gasteiger partial charge in [-0.25, -0.2) is 0 Å². The monoisotopic (exact) mass is 381 g/mol. The van der Waals surface area contributed by atoms with E-state index in [1.54, 1.807) is 11.8 Å². The van der Waals surface area contributed by atoms with Crippen molar-refractivity contribution in [1.82, 2.24) is 0 Å². The maximum absolute atomic E-state index is 10.6. The van der Waals surface area contributed by atoms with Crippen molar-refractivity contribution >= 4 is 29.7 Å². The Morgan fingerprint density at radius 3 is 2.64 bits per heavy atom. The molecule has 1 unspecified atom stereocenters. The van der Waals surface area contributed by atoms with E-state index in [4.69, 9.17) is 4.74 Å². The molecule has 1 atom stereocenters. The van der Waals surface area contributed by atoms with Crippen LogP contribution in [-0.2, 0) is 4.74 Å². The van der Waals surface area contributed by atoms with Gasteiger partial charge in [-0.15, -0.1) is 23.5 Å². The zero-order chi connectivity index (χ0) is 17.9. The molecule has 1 aromatic rings. The lowest BCUT2D eigenvalue weighted by atomic mass is 10.2. The Labute approximate surface area is 161 Å². The average Bonchev–Trinajstić information content (AvgIpc) is 3.12. The SMILES string of the molecule is CCCCSc1cc(/C=N/CC2CCCO2)c(O)c(SCCCC)c1. The summed E-state index contributed by atoms with van der Waals surface area (Å²) in [6, 6.07) is 4.20. The van der Waals surface area contributed by atoms with Crippen molar-refractivity contribution in [2.24, 2.45) is 4.99 Å². The standard InChI is InChI=1S/C20H31NO2S2/c1-3-5-10-24-18-12-16(14-21-15-17-8-7-9-23-17)20(22)19(13-18)25-11-6-4-2/h12-14,17,22H,3-11,15H2,1-2H3/b21-14+. The molecule has 2 rings (SSSR count). The van der Waals surface area contributed by atoms with E-state index in [0.717, 1.165) is 41.4 Å². The van der Waals surface area contributed by atoms with Crippen molar-refractivity contribution in [2.45, 2.75) is 68.3 Å². The zero-order valence-electron chi connectivity index (χ0n) is 15.5. The Hall–Kier alpha value is -0.650. The van der Waals surface area contributed by atoms with Crippen molar-refractivity contribution in [2.75, 3.05) is 24.7 Å². The third-order valence-corrected chi connectivity index (χ3v) is 6.34. The molecular weight excluding hydrogens is 350 g/mol. The molecule has 0 amide bonds. The predicted octanol–water partition coefficient (Wildman–Crippen LogP) is 5.77. The smallest absolute Gasteiger partial charge is 0.137 e. The first-order valence-corrected chi connectivity index (χ1v) is 11.5. The highest BCUT2D eigenvalue weighted by molar-refractivity contribution is 8.00. The first-order chi connectivity index (χ1) is 12.2. The van der Waals surface area contributed by atoms with Crippen LogP contribution in [0.2, 0.25) is 0 Å². The Bertz CT molecular complexity index is 543. The van der Waals surface area contributed by atoms with Gasteiger partial charge in [0.1, 0.15) is 5.75 Å². The number of nitrogens with zero attached hydrogens (tertiary/aromatic N) is 1. The van der Waals surface area contributed by atoms with Gasteiger partial charge in [0.25, 0.3) is 0 Å². The van der Waals surface area contributed by atoms with Crippen molar-refractivity contribution in [3.05, 3.63) is 17.7 Å². The third-order valence-electron chi connectivity index (χ3n) is 4.16. The second kappa shape index (κ2) is 11.9. The molecule has 5 heteroatoms. The van der Waals surface area contributed by atoms with Gasteiger partial charge in [0.15, 0.2) is 0 Å². The molecule has 140 valence electrons. The number of phenolic OH excluding ortho intramolecular Hbond substituents is 1. The number of aromatic hydroxyl groups is 1. The topological polar surface area (TPSA) is 41.8 Å². The lowest BCUT2D eigenvalue weighted by Crippen LogP contribution is -2.09. The van der Waals surface area contributed by atoms with Crippen LogP contribution in [0.5, 0.6) is 5.75 Å². The van der Waals surface area contributed by atoms with Crippen LogP contribution in [0.1, 0.15) is 57.9 Å². The number of phenols is 1. The van der Waals surface area contributed by atoms with Crippen LogP contribution in [0.3, 0.4) is 0 Å². The molecule has 1 fully saturated rings. The highest BCUT2D eigenvalue weighted by Gasteiger charge is 2.14. The van der Waals surface area contributed by atoms with E-state index in [1.807, 2.05) is 18.0 Å². The summed E-state index contributed by atoms with van der Waals surface area (Å²) in [5.41, 5.74) is 0.832. The fraction of sp³-hybridized carbons (Fsp3) is 0.650. The van der Waals surface area contributed by atoms with Crippen LogP contribution in [0.25, 0.3) is 0 Å². The number of benzene rings is 1. The highest BCUT2D eigenvalue weighted by Crippen LogP contribution is 2.36. The number of rotatable bonds is 11. The second-order valence-corrected chi connectivity index (χ2v) is 8.70. The van der Waals surface area contributed by atoms with Crippen LogP contribution in [0.4, 0.5) is 0 Å². The average molecular weight is 382 g/mol. The first kappa shape index (κ1) is 20.7. The van der Waals surface area contributed by atoms with Crippen LogP contribution in [0, 0.1) is 0 Å². The minimum absolute atomic E-state index is 0.249. The van der Waals surface area contributed by atoms with Crippen molar-refractivity contribution in [3.63, 3.8) is 0 Å². The van der Waals surface area contributed by atoms with Gasteiger partial charge in [-0.3, -0.25) is 4.99 Å². The maximum Gasteiger partial charge on any atom is 0.137 e. The van der Waals surface area contributed by atoms with Gasteiger partial charge >= 0.3 is 0 Å². The van der Waals surface area contributed by atoms with Crippen LogP contribution in [0.15, 0.2) is 26.9 Å². The summed E-state index contributed by atoms with van der Waals surface area (Å²) in [4.78, 5) is 6.74. The summed E-state index contributed by atoms with van der Waals surface area (Å²) in [5, 5.41) is 10.6. The molecule has 0 radical (unpaired) electrons. The molecule has 0 spiro atoms. The fourth-order valence-corrected chi connectivity index (χ4v) is 4.89. The van der Waals surface area contributed by atoms with Crippen molar-refractivity contribution in [3.8, 4) is 5.75 Å². The summed E-state index contributed by atoms with van der Waals surface area (Å²) >= 11 is 3.62. The lowest BCUT2D eigenvalue weighted by Gasteiger charge is -2.11. The number of hydrogen-bond donors (Lipinski definition) is 1. The Morgan fingerprint density at radius 2 is 1.96 bits per heavy atom. The quantitative estimate of drug-likeness (QED) is 0.300. The second-order valence-electron chi connectivity index (χ2n) is 6.39. The molecule has 25 heavy (non-hydrogen) atoms. The number of unbranched alkanes of at least 4 members (excludes halogenated alkanes) is 2. The molecule has 0 aromatic heterocycles. The van der Waals surface area contributed by atoms with Gasteiger partial charge in [0, 0.05) is 23.3 Å². The van der Waals surface area contributed by atoms with Gasteiger partial charge < -0.3 is 9.84 Å². The summed E-state index contributed by atoms with van der Waals surface area (Å²) in [6.07, 6.45) is 9.06. The summed E-state index contributed by atoms with van der Waals surface area (Å²) in [5.74, 6) is 2.53. The van der Waals surface area contributed by atoms with Crippen LogP contribution >= 0.6 is 23.5 Å². The van der Waals surface area contributed by atoms with Crippen LogP contribution in [-0.4, -0.2) is 42.1 Å². The molecule has 0 saturated carbocycles. The van der Waals surface area contributed by atoms with Crippen molar-refractivity contribution < 1.29 is 9.84 Å². The van der Waals surface area contributed by atoms with Gasteiger partial charge in [-0.1, -0.05) is 26.7 Å². The third kappa shape index (κ3) is 7.24. The molecule has 1 heterocycles. The molecule has 0 bridgehead atoms. The highest BCUT2D eigenvalue weighted by atomic mass is 32.2. The molecule has 1 aliphatic heterocycles. The van der Waals surface area contributed by atoms with Crippen LogP contribution < -0.4 is 0 Å². The molecule has 1 saturated heterocycles. The molecule has 3 nitrogen and oxygen atoms in total. The van der Waals surface area contributed by atoms with E-state index in [-0.39, 0.29) is 6.10 Å². The molecule has 1 aromatic carbocycles. The predicted molar refractivity (Wildman–Crippen MR) is 111 cm³/mol. The molecule has 1 N–H and O–H groups in total. The van der Waals surface area contributed by atoms with Gasteiger partial charge in [-0.2, -0.15) is 0 Å². The maximum atomic E-state index is 10.6. The summed E-state index contributed by atoms with van der Waals surface area (Å²) < 4.78 is 5.62. The lowest BCUT2D eigenvalue weighted by molar-refractivity contribution is 0.118. The number of thioether (sulfide) groups is 2. The van der Waals surface area contributed by atoms with E-state index in [2.05, 4.69) is 31.0 Å². The van der Waals surface area contributed by atoms with Gasteiger partial charge in [0.2, 0.25) is 0 Å². The molecule has 1 aliphatic rings. The normalized spacial score (nSPS) is 17.6. The fourth-order valence-electron chi connectivity index (χ4n) is 2.61. The number of ether oxygens (including phenoxy) is 1. The van der Waals surface area contributed by atoms with Gasteiger partial charge in [-0.05, 0) is 49.3 Å². The van der Waals surface area contributed by atoms with E-state index in [0.29, 0.717) is 12.3 Å². The van der Waals surface area contributed by atoms with Crippen molar-refractivity contribution in [1.29, 1.82) is 0 Å². The summed E-state index contributed by atoms with van der Waals surface area (Å²) in [6.45, 7) is 5.95. The van der Waals surface area contributed by atoms with E-state index < -0.39 is 0 Å². The minimum Gasteiger partial charge on any atom is -0.506 e. The zero-order valence-corrected chi connectivity index (χ0v) is 17.1. The molecule has 0 aliphatic carbocycles. The Balaban J connectivity index is 2.08. The number of hydrogen-bond acceptors (Lipinski definition) is 5. The first-order valence-electron chi connectivity index (χ1n) is 9.48. The van der Waals surface area contributed by atoms with E-state index >= 15 is 0 Å². The Morgan fingerprint density at radius 1 is 1.20 bits per heavy atom. The van der Waals surface area contributed by atoms with Gasteiger partial charge in [0.05, 0.1) is 17.5 Å². The van der Waals surface area contributed by atoms with E-state index in [9.17, 15) is 5.11 Å². The van der Waals surface area contributed by atoms with E-state index in [1.165, 1.54) is 30.6 Å². The number of aliphatic imine (C=N–C) groups is 1. The molecular formula is C20H31NO2S2. The summed E-state index contributed by atoms with van der Waals surface area (Å²) in [7, 11) is 0. The Kier molecular flexibility index (Phi) is 9.81. The minimum atomic E-state index is 0.249.